The fourth-order valence-electron chi connectivity index (χ4n) is 5.06. The van der Waals surface area contributed by atoms with E-state index < -0.39 is 0 Å². The molecule has 44 heavy (non-hydrogen) atoms. The van der Waals surface area contributed by atoms with E-state index in [1.165, 1.54) is 25.7 Å². The second-order valence-electron chi connectivity index (χ2n) is 11.1. The summed E-state index contributed by atoms with van der Waals surface area (Å²) in [6.45, 7) is 9.48. The van der Waals surface area contributed by atoms with Crippen LogP contribution in [0.2, 0.25) is 0 Å². The molecule has 0 amide bonds. The third kappa shape index (κ3) is 7.68. The number of hydrogen-bond donors (Lipinski definition) is 2. The van der Waals surface area contributed by atoms with Crippen LogP contribution in [0.4, 0.5) is 5.13 Å². The van der Waals surface area contributed by atoms with Crippen molar-refractivity contribution in [3.8, 4) is 0 Å². The molecule has 0 unspecified atom stereocenters. The van der Waals surface area contributed by atoms with E-state index in [4.69, 9.17) is 4.98 Å². The van der Waals surface area contributed by atoms with Gasteiger partial charge in [-0.2, -0.15) is 0 Å². The highest BCUT2D eigenvalue weighted by Crippen LogP contribution is 2.38. The highest BCUT2D eigenvalue weighted by Gasteiger charge is 2.37. The number of rotatable bonds is 14. The summed E-state index contributed by atoms with van der Waals surface area (Å²) in [6, 6.07) is 3.74. The molecule has 2 aliphatic carbocycles. The molecule has 230 valence electrons. The normalized spacial score (nSPS) is 20.1. The molecule has 2 aromatic heterocycles. The number of ketones is 1. The first-order valence-electron chi connectivity index (χ1n) is 15.7. The van der Waals surface area contributed by atoms with Gasteiger partial charge in [0.05, 0.1) is 16.5 Å². The van der Waals surface area contributed by atoms with Crippen LogP contribution < -0.4 is 15.6 Å². The van der Waals surface area contributed by atoms with E-state index in [-0.39, 0.29) is 11.5 Å². The van der Waals surface area contributed by atoms with Gasteiger partial charge in [-0.1, -0.05) is 69.6 Å². The van der Waals surface area contributed by atoms with Crippen LogP contribution in [-0.4, -0.2) is 51.9 Å². The zero-order valence-corrected chi connectivity index (χ0v) is 27.4. The number of carbonyl (C=O) groups is 1. The quantitative estimate of drug-likeness (QED) is 0.219. The molecule has 7 nitrogen and oxygen atoms in total. The molecule has 0 saturated heterocycles. The van der Waals surface area contributed by atoms with Gasteiger partial charge >= 0.3 is 0 Å². The SMILES string of the molecule is CCCCN=C1N=CC(=CC=c2ccc(=C3C(=O)C(C4=CC=C(C=Cc5cnc(N(CCCC)CCCC)s5)C4)=C3O)[nH]2)S1. The molecular formula is C35H41N5O2S2. The van der Waals surface area contributed by atoms with Crippen molar-refractivity contribution in [1.29, 1.82) is 0 Å². The number of aromatic nitrogens is 2. The Hall–Kier alpha value is -3.69. The molecule has 0 fully saturated rings. The van der Waals surface area contributed by atoms with Crippen molar-refractivity contribution in [2.24, 2.45) is 9.98 Å². The largest absolute Gasteiger partial charge is 0.506 e. The van der Waals surface area contributed by atoms with E-state index in [9.17, 15) is 9.90 Å². The Bertz CT molecular complexity index is 1710. The highest BCUT2D eigenvalue weighted by atomic mass is 32.2. The minimum Gasteiger partial charge on any atom is -0.506 e. The molecule has 0 radical (unpaired) electrons. The summed E-state index contributed by atoms with van der Waals surface area (Å²) in [7, 11) is 0. The maximum atomic E-state index is 13.2. The van der Waals surface area contributed by atoms with Gasteiger partial charge in [-0.05, 0) is 79.0 Å². The first-order valence-corrected chi connectivity index (χ1v) is 17.3. The number of Topliss-reactive ketones (excluding diaryl/α,β-unsaturated/α-hetero) is 1. The molecule has 0 saturated carbocycles. The van der Waals surface area contributed by atoms with Crippen LogP contribution in [0.15, 0.2) is 80.0 Å². The van der Waals surface area contributed by atoms with Gasteiger partial charge in [0.2, 0.25) is 5.78 Å². The number of amidine groups is 1. The molecule has 3 aliphatic rings. The number of aromatic amines is 1. The molecule has 0 aromatic carbocycles. The molecule has 9 heteroatoms. The summed E-state index contributed by atoms with van der Waals surface area (Å²) in [5.41, 5.74) is 2.70. The van der Waals surface area contributed by atoms with E-state index in [0.717, 1.165) is 69.1 Å². The average Bonchev–Trinajstić information content (AvgIpc) is 3.84. The second-order valence-corrected chi connectivity index (χ2v) is 13.1. The summed E-state index contributed by atoms with van der Waals surface area (Å²) in [5.74, 6) is -0.0682. The average molecular weight is 628 g/mol. The number of H-pyrrole nitrogens is 1. The molecular weight excluding hydrogens is 587 g/mol. The van der Waals surface area contributed by atoms with Crippen LogP contribution in [0.5, 0.6) is 0 Å². The summed E-state index contributed by atoms with van der Waals surface area (Å²) in [4.78, 5) is 34.5. The van der Waals surface area contributed by atoms with Crippen molar-refractivity contribution >= 4 is 63.1 Å². The molecule has 0 atom stereocenters. The lowest BCUT2D eigenvalue weighted by molar-refractivity contribution is -0.111. The summed E-state index contributed by atoms with van der Waals surface area (Å²) < 4.78 is 0. The first-order chi connectivity index (χ1) is 21.5. The molecule has 0 bridgehead atoms. The predicted molar refractivity (Wildman–Crippen MR) is 188 cm³/mol. The minimum atomic E-state index is -0.128. The van der Waals surface area contributed by atoms with Crippen LogP contribution in [0.25, 0.3) is 17.7 Å². The van der Waals surface area contributed by atoms with Crippen LogP contribution in [0.1, 0.15) is 70.6 Å². The Kier molecular flexibility index (Phi) is 11.1. The van der Waals surface area contributed by atoms with Gasteiger partial charge in [0.15, 0.2) is 10.3 Å². The molecule has 2 aromatic rings. The van der Waals surface area contributed by atoms with E-state index >= 15 is 0 Å². The van der Waals surface area contributed by atoms with Gasteiger partial charge in [0.25, 0.3) is 0 Å². The number of carbonyl (C=O) groups excluding carboxylic acids is 1. The van der Waals surface area contributed by atoms with Crippen LogP contribution in [0.3, 0.4) is 0 Å². The fourth-order valence-corrected chi connectivity index (χ4v) is 6.64. The lowest BCUT2D eigenvalue weighted by Gasteiger charge is -2.21. The van der Waals surface area contributed by atoms with Crippen molar-refractivity contribution in [3.63, 3.8) is 0 Å². The lowest BCUT2D eigenvalue weighted by atomic mass is 9.82. The number of thioether (sulfide) groups is 1. The number of hydrogen-bond acceptors (Lipinski definition) is 7. The fraction of sp³-hybridized carbons (Fsp3) is 0.371. The smallest absolute Gasteiger partial charge is 0.202 e. The van der Waals surface area contributed by atoms with E-state index in [1.807, 2.05) is 48.8 Å². The Balaban J connectivity index is 1.21. The van der Waals surface area contributed by atoms with Gasteiger partial charge in [-0.15, -0.1) is 0 Å². The molecule has 1 aliphatic heterocycles. The molecule has 2 N–H and O–H groups in total. The summed E-state index contributed by atoms with van der Waals surface area (Å²) in [6.07, 6.45) is 23.3. The van der Waals surface area contributed by atoms with Gasteiger partial charge in [-0.3, -0.25) is 9.79 Å². The second kappa shape index (κ2) is 15.3. The van der Waals surface area contributed by atoms with Crippen molar-refractivity contribution in [3.05, 3.63) is 85.6 Å². The van der Waals surface area contributed by atoms with E-state index in [1.54, 1.807) is 23.1 Å². The molecule has 0 spiro atoms. The van der Waals surface area contributed by atoms with Gasteiger partial charge in [-0.25, -0.2) is 9.98 Å². The number of anilines is 1. The zero-order chi connectivity index (χ0) is 30.9. The van der Waals surface area contributed by atoms with E-state index in [0.29, 0.717) is 22.9 Å². The molecule has 3 heterocycles. The maximum absolute atomic E-state index is 13.2. The van der Waals surface area contributed by atoms with Gasteiger partial charge in [0.1, 0.15) is 5.76 Å². The Morgan fingerprint density at radius 1 is 1.02 bits per heavy atom. The standard InChI is InChI=1S/C35H41N5O2S2/c1-4-7-18-36-34-37-22-27(43-34)16-13-26-14-17-29(39-26)31-32(41)30(33(31)42)25-12-10-24(21-25)11-15-28-23-38-35(44-28)40(19-8-5-2)20-9-6-3/h10-17,22-23,39,41H,4-9,18-21H2,1-3H3. The first kappa shape index (κ1) is 31.7. The topological polar surface area (TPSA) is 93.9 Å². The molecule has 5 rings (SSSR count). The van der Waals surface area contributed by atoms with Crippen molar-refractivity contribution in [1.82, 2.24) is 9.97 Å². The number of nitrogens with zero attached hydrogens (tertiary/aromatic N) is 4. The van der Waals surface area contributed by atoms with Crippen LogP contribution in [-0.2, 0) is 4.79 Å². The van der Waals surface area contributed by atoms with Crippen LogP contribution >= 0.6 is 23.1 Å². The Morgan fingerprint density at radius 2 is 1.82 bits per heavy atom. The van der Waals surface area contributed by atoms with Crippen molar-refractivity contribution in [2.45, 2.75) is 65.7 Å². The zero-order valence-electron chi connectivity index (χ0n) is 25.8. The highest BCUT2D eigenvalue weighted by molar-refractivity contribution is 8.18. The van der Waals surface area contributed by atoms with Crippen molar-refractivity contribution < 1.29 is 9.90 Å². The lowest BCUT2D eigenvalue weighted by Crippen LogP contribution is -2.29. The number of allylic oxidation sites excluding steroid dienone is 9. The maximum Gasteiger partial charge on any atom is 0.202 e. The number of aliphatic imine (C=N–C) groups is 2. The third-order valence-electron chi connectivity index (χ3n) is 7.62. The number of thiazole rings is 1. The van der Waals surface area contributed by atoms with Crippen molar-refractivity contribution in [2.75, 3.05) is 24.5 Å². The van der Waals surface area contributed by atoms with Gasteiger partial charge < -0.3 is 15.0 Å². The Labute approximate surface area is 268 Å². The number of aliphatic hydroxyl groups excluding tert-OH is 1. The van der Waals surface area contributed by atoms with Gasteiger partial charge in [0, 0.05) is 47.2 Å². The predicted octanol–water partition coefficient (Wildman–Crippen LogP) is 7.03. The van der Waals surface area contributed by atoms with E-state index in [2.05, 4.69) is 52.8 Å². The minimum absolute atomic E-state index is 0.0596. The Morgan fingerprint density at radius 3 is 2.57 bits per heavy atom. The van der Waals surface area contributed by atoms with Crippen LogP contribution in [0, 0.1) is 0 Å². The number of aliphatic hydroxyl groups is 1. The summed E-state index contributed by atoms with van der Waals surface area (Å²) >= 11 is 3.27. The summed E-state index contributed by atoms with van der Waals surface area (Å²) in [5, 5.41) is 14.2. The number of unbranched alkanes of at least 4 members (excludes halogenated alkanes) is 3. The number of nitrogens with one attached hydrogen (secondary N) is 1. The third-order valence-corrected chi connectivity index (χ3v) is 9.54. The monoisotopic (exact) mass is 627 g/mol.